The molecule has 0 aliphatic heterocycles. The highest BCUT2D eigenvalue weighted by atomic mass is 15.1. The van der Waals surface area contributed by atoms with Gasteiger partial charge in [0.15, 0.2) is 0 Å². The fraction of sp³-hybridized carbons (Fsp3) is 0.385. The number of anilines is 1. The van der Waals surface area contributed by atoms with Crippen molar-refractivity contribution in [1.29, 1.82) is 0 Å². The standard InChI is InChI=1S/C13H20N2/c1-3-15(4-2)13-10-6-5-8-12(13)9-7-11-14/h5-10H,3-4,11,14H2,1-2H3/b9-7+. The zero-order valence-electron chi connectivity index (χ0n) is 9.61. The zero-order chi connectivity index (χ0) is 11.1. The molecule has 0 saturated heterocycles. The molecule has 0 aromatic heterocycles. The summed E-state index contributed by atoms with van der Waals surface area (Å²) in [5, 5.41) is 0. The van der Waals surface area contributed by atoms with Crippen LogP contribution < -0.4 is 10.6 Å². The van der Waals surface area contributed by atoms with Gasteiger partial charge in [0, 0.05) is 25.3 Å². The van der Waals surface area contributed by atoms with Gasteiger partial charge in [0.05, 0.1) is 0 Å². The SMILES string of the molecule is CCN(CC)c1ccccc1/C=C/CN. The second kappa shape index (κ2) is 6.25. The Morgan fingerprint density at radius 2 is 1.87 bits per heavy atom. The molecule has 1 rings (SSSR count). The predicted molar refractivity (Wildman–Crippen MR) is 68.1 cm³/mol. The Kier molecular flexibility index (Phi) is 4.91. The van der Waals surface area contributed by atoms with E-state index in [0.717, 1.165) is 13.1 Å². The van der Waals surface area contributed by atoms with Gasteiger partial charge in [0.2, 0.25) is 0 Å². The largest absolute Gasteiger partial charge is 0.372 e. The normalized spacial score (nSPS) is 10.9. The van der Waals surface area contributed by atoms with E-state index in [4.69, 9.17) is 5.73 Å². The van der Waals surface area contributed by atoms with E-state index in [2.05, 4.69) is 49.1 Å². The summed E-state index contributed by atoms with van der Waals surface area (Å²) in [6, 6.07) is 8.42. The molecule has 0 unspecified atom stereocenters. The van der Waals surface area contributed by atoms with Crippen LogP contribution >= 0.6 is 0 Å². The lowest BCUT2D eigenvalue weighted by atomic mass is 10.1. The van der Waals surface area contributed by atoms with Gasteiger partial charge in [0.1, 0.15) is 0 Å². The molecule has 0 amide bonds. The summed E-state index contributed by atoms with van der Waals surface area (Å²) < 4.78 is 0. The van der Waals surface area contributed by atoms with Crippen LogP contribution in [0.2, 0.25) is 0 Å². The molecule has 0 aliphatic rings. The summed E-state index contributed by atoms with van der Waals surface area (Å²) in [5.41, 5.74) is 7.99. The third kappa shape index (κ3) is 3.10. The van der Waals surface area contributed by atoms with Crippen LogP contribution in [0.15, 0.2) is 30.3 Å². The molecule has 0 bridgehead atoms. The molecule has 0 aliphatic carbocycles. The van der Waals surface area contributed by atoms with Gasteiger partial charge in [-0.15, -0.1) is 0 Å². The molecule has 0 atom stereocenters. The van der Waals surface area contributed by atoms with E-state index in [1.807, 2.05) is 6.08 Å². The molecule has 82 valence electrons. The number of para-hydroxylation sites is 1. The minimum atomic E-state index is 0.590. The van der Waals surface area contributed by atoms with Gasteiger partial charge < -0.3 is 10.6 Å². The van der Waals surface area contributed by atoms with Gasteiger partial charge in [-0.1, -0.05) is 30.4 Å². The maximum Gasteiger partial charge on any atom is 0.0439 e. The number of benzene rings is 1. The van der Waals surface area contributed by atoms with Crippen molar-refractivity contribution in [3.8, 4) is 0 Å². The molecule has 0 saturated carbocycles. The van der Waals surface area contributed by atoms with E-state index in [9.17, 15) is 0 Å². The van der Waals surface area contributed by atoms with Crippen LogP contribution in [0.5, 0.6) is 0 Å². The first kappa shape index (κ1) is 11.8. The summed E-state index contributed by atoms with van der Waals surface area (Å²) in [5.74, 6) is 0. The number of hydrogen-bond acceptors (Lipinski definition) is 2. The van der Waals surface area contributed by atoms with Crippen LogP contribution in [0.1, 0.15) is 19.4 Å². The van der Waals surface area contributed by atoms with Crippen molar-refractivity contribution >= 4 is 11.8 Å². The molecular formula is C13H20N2. The second-order valence-corrected chi connectivity index (χ2v) is 3.37. The average molecular weight is 204 g/mol. The molecule has 1 aromatic carbocycles. The van der Waals surface area contributed by atoms with Gasteiger partial charge >= 0.3 is 0 Å². The summed E-state index contributed by atoms with van der Waals surface area (Å²) >= 11 is 0. The first-order chi connectivity index (χ1) is 7.33. The topological polar surface area (TPSA) is 29.3 Å². The summed E-state index contributed by atoms with van der Waals surface area (Å²) in [4.78, 5) is 2.34. The first-order valence-corrected chi connectivity index (χ1v) is 5.54. The van der Waals surface area contributed by atoms with Gasteiger partial charge in [-0.05, 0) is 25.5 Å². The van der Waals surface area contributed by atoms with Crippen LogP contribution in [0.25, 0.3) is 6.08 Å². The minimum absolute atomic E-state index is 0.590. The van der Waals surface area contributed by atoms with Crippen molar-refractivity contribution in [3.63, 3.8) is 0 Å². The lowest BCUT2D eigenvalue weighted by molar-refractivity contribution is 0.865. The molecule has 0 heterocycles. The molecule has 2 heteroatoms. The Morgan fingerprint density at radius 1 is 1.20 bits per heavy atom. The molecule has 1 aromatic rings. The summed E-state index contributed by atoms with van der Waals surface area (Å²) in [6.45, 7) is 7.00. The van der Waals surface area contributed by atoms with E-state index in [-0.39, 0.29) is 0 Å². The maximum atomic E-state index is 5.47. The van der Waals surface area contributed by atoms with E-state index in [1.165, 1.54) is 11.3 Å². The van der Waals surface area contributed by atoms with Crippen molar-refractivity contribution in [3.05, 3.63) is 35.9 Å². The molecule has 0 fully saturated rings. The molecule has 2 nitrogen and oxygen atoms in total. The van der Waals surface area contributed by atoms with Crippen molar-refractivity contribution in [1.82, 2.24) is 0 Å². The minimum Gasteiger partial charge on any atom is -0.372 e. The van der Waals surface area contributed by atoms with Crippen molar-refractivity contribution in [2.45, 2.75) is 13.8 Å². The Hall–Kier alpha value is -1.28. The van der Waals surface area contributed by atoms with Crippen LogP contribution in [0.4, 0.5) is 5.69 Å². The molecular weight excluding hydrogens is 184 g/mol. The molecule has 2 N–H and O–H groups in total. The van der Waals surface area contributed by atoms with Gasteiger partial charge in [-0.3, -0.25) is 0 Å². The Bertz CT molecular complexity index is 314. The van der Waals surface area contributed by atoms with E-state index >= 15 is 0 Å². The number of hydrogen-bond donors (Lipinski definition) is 1. The lowest BCUT2D eigenvalue weighted by Crippen LogP contribution is -2.22. The quantitative estimate of drug-likeness (QED) is 0.798. The van der Waals surface area contributed by atoms with Gasteiger partial charge in [-0.2, -0.15) is 0 Å². The summed E-state index contributed by atoms with van der Waals surface area (Å²) in [6.07, 6.45) is 4.08. The fourth-order valence-electron chi connectivity index (χ4n) is 1.68. The maximum absolute atomic E-state index is 5.47. The van der Waals surface area contributed by atoms with Crippen molar-refractivity contribution < 1.29 is 0 Å². The predicted octanol–water partition coefficient (Wildman–Crippen LogP) is 2.50. The fourth-order valence-corrected chi connectivity index (χ4v) is 1.68. The van der Waals surface area contributed by atoms with Crippen molar-refractivity contribution in [2.75, 3.05) is 24.5 Å². The highest BCUT2D eigenvalue weighted by Gasteiger charge is 2.04. The monoisotopic (exact) mass is 204 g/mol. The number of nitrogens with two attached hydrogens (primary N) is 1. The Labute approximate surface area is 92.4 Å². The number of rotatable bonds is 5. The van der Waals surface area contributed by atoms with Crippen molar-refractivity contribution in [2.24, 2.45) is 5.73 Å². The van der Waals surface area contributed by atoms with E-state index < -0.39 is 0 Å². The molecule has 15 heavy (non-hydrogen) atoms. The van der Waals surface area contributed by atoms with Gasteiger partial charge in [0.25, 0.3) is 0 Å². The molecule has 0 radical (unpaired) electrons. The third-order valence-electron chi connectivity index (χ3n) is 2.47. The van der Waals surface area contributed by atoms with Crippen LogP contribution in [0, 0.1) is 0 Å². The van der Waals surface area contributed by atoms with Crippen LogP contribution in [0.3, 0.4) is 0 Å². The Morgan fingerprint density at radius 3 is 2.47 bits per heavy atom. The van der Waals surface area contributed by atoms with E-state index in [1.54, 1.807) is 0 Å². The average Bonchev–Trinajstić information content (AvgIpc) is 2.29. The third-order valence-corrected chi connectivity index (χ3v) is 2.47. The van der Waals surface area contributed by atoms with E-state index in [0.29, 0.717) is 6.54 Å². The summed E-state index contributed by atoms with van der Waals surface area (Å²) in [7, 11) is 0. The van der Waals surface area contributed by atoms with Gasteiger partial charge in [-0.25, -0.2) is 0 Å². The lowest BCUT2D eigenvalue weighted by Gasteiger charge is -2.23. The molecule has 0 spiro atoms. The first-order valence-electron chi connectivity index (χ1n) is 5.54. The number of nitrogens with zero attached hydrogens (tertiary/aromatic N) is 1. The van der Waals surface area contributed by atoms with Crippen LogP contribution in [-0.2, 0) is 0 Å². The zero-order valence-corrected chi connectivity index (χ0v) is 9.61. The smallest absolute Gasteiger partial charge is 0.0439 e. The highest BCUT2D eigenvalue weighted by molar-refractivity contribution is 5.67. The Balaban J connectivity index is 2.99. The van der Waals surface area contributed by atoms with Crippen LogP contribution in [-0.4, -0.2) is 19.6 Å². The second-order valence-electron chi connectivity index (χ2n) is 3.37. The highest BCUT2D eigenvalue weighted by Crippen LogP contribution is 2.21.